The van der Waals surface area contributed by atoms with Crippen LogP contribution in [0.2, 0.25) is 0 Å². The minimum Gasteiger partial charge on any atom is -0.326 e. The molecule has 63 heavy (non-hydrogen) atoms. The van der Waals surface area contributed by atoms with Gasteiger partial charge in [0.05, 0.1) is 38.8 Å². The van der Waals surface area contributed by atoms with Crippen LogP contribution in [-0.4, -0.2) is 20.2 Å². The van der Waals surface area contributed by atoms with Crippen molar-refractivity contribution in [1.29, 1.82) is 0 Å². The lowest BCUT2D eigenvalue weighted by Crippen LogP contribution is -2.28. The van der Waals surface area contributed by atoms with Crippen molar-refractivity contribution < 1.29 is 0 Å². The quantitative estimate of drug-likeness (QED) is 0.153. The van der Waals surface area contributed by atoms with E-state index in [1.807, 2.05) is 23.6 Å². The molecule has 10 aromatic rings. The Morgan fingerprint density at radius 1 is 0.540 bits per heavy atom. The Morgan fingerprint density at radius 3 is 1.95 bits per heavy atom. The maximum atomic E-state index is 4.75. The second-order valence-corrected chi connectivity index (χ2v) is 18.1. The van der Waals surface area contributed by atoms with Crippen molar-refractivity contribution >= 4 is 76.9 Å². The fourth-order valence-electron chi connectivity index (χ4n) is 10.4. The highest BCUT2D eigenvalue weighted by atomic mass is 32.1. The molecule has 3 aliphatic carbocycles. The molecule has 0 saturated heterocycles. The zero-order valence-electron chi connectivity index (χ0n) is 34.6. The fraction of sp³-hybridized carbons (Fsp3) is 0.0862. The molecule has 0 amide bonds. The number of fused-ring (bicyclic) bond motifs is 7. The molecule has 0 radical (unpaired) electrons. The summed E-state index contributed by atoms with van der Waals surface area (Å²) in [7, 11) is 0. The molecule has 3 unspecified atom stereocenters. The molecule has 0 N–H and O–H groups in total. The first-order valence-corrected chi connectivity index (χ1v) is 22.9. The van der Waals surface area contributed by atoms with Crippen molar-refractivity contribution in [2.45, 2.75) is 18.9 Å². The number of hydrogen-bond acceptors (Lipinski definition) is 3. The molecule has 1 fully saturated rings. The van der Waals surface area contributed by atoms with Crippen LogP contribution in [0.15, 0.2) is 213 Å². The number of rotatable bonds is 8. The number of pyridine rings is 1. The van der Waals surface area contributed by atoms with Crippen LogP contribution in [0, 0.1) is 11.8 Å². The molecule has 4 nitrogen and oxygen atoms in total. The van der Waals surface area contributed by atoms with Crippen LogP contribution in [0.4, 0.5) is 10.7 Å². The topological polar surface area (TPSA) is 26.0 Å². The van der Waals surface area contributed by atoms with Crippen LogP contribution < -0.4 is 4.90 Å². The maximum absolute atomic E-state index is 4.75. The van der Waals surface area contributed by atoms with Crippen molar-refractivity contribution in [3.05, 3.63) is 217 Å². The second-order valence-electron chi connectivity index (χ2n) is 17.1. The number of aromatic nitrogens is 3. The summed E-state index contributed by atoms with van der Waals surface area (Å²) < 4.78 is 4.95. The Labute approximate surface area is 370 Å². The van der Waals surface area contributed by atoms with Gasteiger partial charge in [-0.05, 0) is 133 Å². The van der Waals surface area contributed by atoms with Crippen molar-refractivity contribution in [2.75, 3.05) is 4.90 Å². The number of anilines is 2. The predicted molar refractivity (Wildman–Crippen MR) is 266 cm³/mol. The van der Waals surface area contributed by atoms with E-state index >= 15 is 0 Å². The molecule has 4 heterocycles. The van der Waals surface area contributed by atoms with Gasteiger partial charge in [-0.25, -0.2) is 0 Å². The Morgan fingerprint density at radius 2 is 1.21 bits per heavy atom. The van der Waals surface area contributed by atoms with E-state index < -0.39 is 0 Å². The molecule has 1 saturated carbocycles. The van der Waals surface area contributed by atoms with E-state index in [1.54, 1.807) is 0 Å². The molecule has 0 aliphatic heterocycles. The minimum absolute atomic E-state index is 0.294. The SMILES string of the molecule is C1=CCC(N(c2ccccc2)c2ccc(C3=CC=C(n4c5ccc(-c6ccc7c(c6)c6ccccc6n7-c6ccccc6)cc5c5cc(-c6ccccn6)ccc54)C4CC34)s2)C=C1. The molecule has 6 aromatic carbocycles. The molecular formula is C58H42N4S. The van der Waals surface area contributed by atoms with Crippen LogP contribution in [0.3, 0.4) is 0 Å². The van der Waals surface area contributed by atoms with Gasteiger partial charge < -0.3 is 14.0 Å². The largest absolute Gasteiger partial charge is 0.326 e. The lowest BCUT2D eigenvalue weighted by Gasteiger charge is -2.31. The summed E-state index contributed by atoms with van der Waals surface area (Å²) in [6, 6.07) is 62.5. The summed E-state index contributed by atoms with van der Waals surface area (Å²) in [6.45, 7) is 0. The Kier molecular flexibility index (Phi) is 8.38. The van der Waals surface area contributed by atoms with Crippen LogP contribution >= 0.6 is 11.3 Å². The molecule has 0 spiro atoms. The van der Waals surface area contributed by atoms with Gasteiger partial charge in [-0.2, -0.15) is 0 Å². The van der Waals surface area contributed by atoms with Gasteiger partial charge in [-0.15, -0.1) is 11.3 Å². The number of hydrogen-bond donors (Lipinski definition) is 0. The van der Waals surface area contributed by atoms with E-state index in [-0.39, 0.29) is 0 Å². The van der Waals surface area contributed by atoms with Gasteiger partial charge in [0, 0.05) is 61.2 Å². The van der Waals surface area contributed by atoms with Gasteiger partial charge in [0.25, 0.3) is 0 Å². The fourth-order valence-corrected chi connectivity index (χ4v) is 11.6. The molecule has 3 aliphatic rings. The van der Waals surface area contributed by atoms with Gasteiger partial charge >= 0.3 is 0 Å². The van der Waals surface area contributed by atoms with Gasteiger partial charge in [0.15, 0.2) is 0 Å². The molecule has 5 heteroatoms. The average molecular weight is 827 g/mol. The Bertz CT molecular complexity index is 3530. The Balaban J connectivity index is 0.924. The minimum atomic E-state index is 0.294. The number of benzene rings is 6. The summed E-state index contributed by atoms with van der Waals surface area (Å²) >= 11 is 1.93. The lowest BCUT2D eigenvalue weighted by molar-refractivity contribution is 0.790. The number of para-hydroxylation sites is 3. The summed E-state index contributed by atoms with van der Waals surface area (Å²) in [6.07, 6.45) is 17.8. The number of allylic oxidation sites excluding steroid dienone is 6. The van der Waals surface area contributed by atoms with Crippen molar-refractivity contribution in [3.63, 3.8) is 0 Å². The number of thiophene rings is 1. The zero-order valence-corrected chi connectivity index (χ0v) is 35.4. The Hall–Kier alpha value is -7.47. The molecule has 4 aromatic heterocycles. The van der Waals surface area contributed by atoms with E-state index in [1.165, 1.54) is 87.3 Å². The first-order chi connectivity index (χ1) is 31.2. The van der Waals surface area contributed by atoms with E-state index in [2.05, 4.69) is 214 Å². The van der Waals surface area contributed by atoms with Crippen LogP contribution in [0.5, 0.6) is 0 Å². The van der Waals surface area contributed by atoms with Gasteiger partial charge in [0.1, 0.15) is 0 Å². The monoisotopic (exact) mass is 826 g/mol. The summed E-state index contributed by atoms with van der Waals surface area (Å²) in [5, 5.41) is 6.32. The first kappa shape index (κ1) is 36.2. The van der Waals surface area contributed by atoms with E-state index in [0.717, 1.165) is 24.1 Å². The predicted octanol–water partition coefficient (Wildman–Crippen LogP) is 15.3. The van der Waals surface area contributed by atoms with Crippen LogP contribution in [0.25, 0.3) is 83.0 Å². The molecule has 3 atom stereocenters. The first-order valence-electron chi connectivity index (χ1n) is 22.0. The summed E-state index contributed by atoms with van der Waals surface area (Å²) in [5.74, 6) is 0.967. The summed E-state index contributed by atoms with van der Waals surface area (Å²) in [4.78, 5) is 8.64. The van der Waals surface area contributed by atoms with Gasteiger partial charge in [0.2, 0.25) is 0 Å². The standard InChI is InChI=1S/C58H42N4S/c1-4-14-41(15-5-1)60(42-16-6-2-7-17-42)58-32-31-57(63-58)45-26-30-56(50-37-46(45)50)62-54-28-24-39(35-48(54)49-36-40(25-29-55(49)62)51-21-12-13-33-59-51)38-23-27-53-47(34-38)44-20-10-11-22-52(44)61(53)43-18-8-3-9-19-43/h1-16,18-36,42,46,50H,17,37H2. The van der Waals surface area contributed by atoms with Crippen molar-refractivity contribution in [1.82, 2.24) is 14.1 Å². The van der Waals surface area contributed by atoms with E-state index in [9.17, 15) is 0 Å². The lowest BCUT2D eigenvalue weighted by atomic mass is 9.99. The highest BCUT2D eigenvalue weighted by molar-refractivity contribution is 7.17. The third kappa shape index (κ3) is 5.99. The van der Waals surface area contributed by atoms with Gasteiger partial charge in [-0.3, -0.25) is 4.98 Å². The maximum Gasteiger partial charge on any atom is 0.0965 e. The van der Waals surface area contributed by atoms with E-state index in [4.69, 9.17) is 4.98 Å². The second kappa shape index (κ2) is 14.6. The molecular weight excluding hydrogens is 785 g/mol. The molecule has 0 bridgehead atoms. The average Bonchev–Trinajstić information content (AvgIpc) is 3.74. The highest BCUT2D eigenvalue weighted by Crippen LogP contribution is 2.58. The van der Waals surface area contributed by atoms with Crippen LogP contribution in [-0.2, 0) is 0 Å². The van der Waals surface area contributed by atoms with Crippen molar-refractivity contribution in [3.8, 4) is 28.1 Å². The highest BCUT2D eigenvalue weighted by Gasteiger charge is 2.46. The third-order valence-electron chi connectivity index (χ3n) is 13.4. The zero-order chi connectivity index (χ0) is 41.4. The smallest absolute Gasteiger partial charge is 0.0965 e. The normalized spacial score (nSPS) is 17.9. The van der Waals surface area contributed by atoms with Crippen LogP contribution in [0.1, 0.15) is 17.7 Å². The summed E-state index contributed by atoms with van der Waals surface area (Å²) in [5.41, 5.74) is 14.7. The van der Waals surface area contributed by atoms with E-state index in [0.29, 0.717) is 17.9 Å². The van der Waals surface area contributed by atoms with Gasteiger partial charge in [-0.1, -0.05) is 109 Å². The van der Waals surface area contributed by atoms with Crippen molar-refractivity contribution in [2.24, 2.45) is 11.8 Å². The third-order valence-corrected chi connectivity index (χ3v) is 14.6. The molecule has 300 valence electrons. The molecule has 13 rings (SSSR count). The number of nitrogens with zero attached hydrogens (tertiary/aromatic N) is 4.